The molecule has 4 nitrogen and oxygen atoms in total. The molecule has 0 fully saturated rings. The maximum Gasteiger partial charge on any atom is 0.149 e. The average Bonchev–Trinajstić information content (AvgIpc) is 3.64. The van der Waals surface area contributed by atoms with Gasteiger partial charge in [0.2, 0.25) is 0 Å². The third-order valence-electron chi connectivity index (χ3n) is 12.8. The van der Waals surface area contributed by atoms with Crippen molar-refractivity contribution in [3.8, 4) is 67.5 Å². The van der Waals surface area contributed by atoms with Crippen molar-refractivity contribution in [2.75, 3.05) is 0 Å². The van der Waals surface area contributed by atoms with Crippen LogP contribution in [0.3, 0.4) is 0 Å². The van der Waals surface area contributed by atoms with Gasteiger partial charge in [-0.2, -0.15) is 0 Å². The van der Waals surface area contributed by atoms with Gasteiger partial charge in [0.1, 0.15) is 11.6 Å². The summed E-state index contributed by atoms with van der Waals surface area (Å²) in [4.78, 5) is 10.7. The maximum absolute atomic E-state index is 12.5. The van der Waals surface area contributed by atoms with E-state index in [4.69, 9.17) is 11.3 Å². The SMILES string of the molecule is [2H]C(C)(C)c1ccc(-c2ccnc(-c3cc(-c4cccc5c4nc(-c4cc(C(C)(C)C)cc(C(C)(C)C)c4O)n5-c4ccc(-c5ccccc5)cc4C(C)(C)C)cc(C(C)(C)C)c3)c2)cc1. The fourth-order valence-corrected chi connectivity index (χ4v) is 8.84. The number of para-hydroxylation sites is 1. The second-order valence-corrected chi connectivity index (χ2v) is 22.3. The maximum atomic E-state index is 12.5. The number of benzene rings is 6. The lowest BCUT2D eigenvalue weighted by Crippen LogP contribution is -2.18. The predicted molar refractivity (Wildman–Crippen MR) is 277 cm³/mol. The smallest absolute Gasteiger partial charge is 0.149 e. The normalized spacial score (nSPS) is 13.0. The van der Waals surface area contributed by atoms with Crippen molar-refractivity contribution in [1.29, 1.82) is 0 Å². The topological polar surface area (TPSA) is 50.9 Å². The van der Waals surface area contributed by atoms with Gasteiger partial charge in [-0.05, 0) is 126 Å². The summed E-state index contributed by atoms with van der Waals surface area (Å²) in [6.07, 6.45) is 1.89. The highest BCUT2D eigenvalue weighted by Gasteiger charge is 2.31. The number of aromatic hydroxyl groups is 1. The van der Waals surface area contributed by atoms with Crippen LogP contribution < -0.4 is 0 Å². The van der Waals surface area contributed by atoms with Gasteiger partial charge in [0.15, 0.2) is 0 Å². The van der Waals surface area contributed by atoms with Crippen LogP contribution in [-0.4, -0.2) is 19.6 Å². The third kappa shape index (κ3) is 9.06. The Hall–Kier alpha value is -6.26. The zero-order valence-corrected chi connectivity index (χ0v) is 41.1. The molecule has 8 aromatic rings. The standard InChI is InChI=1S/C61H67N3O/c1-38(2)39-23-25-41(26-24-39)43-29-30-62-52(35-43)45-31-44(32-46(33-45)58(3,4)5)48-21-18-22-54-55(48)63-57(49-36-47(59(6,7)8)37-51(56(49)65)61(12,13)14)64(54)53-28-27-42(34-50(53)60(9,10)11)40-19-16-15-17-20-40/h15-38,65H,1-14H3/i38D. The largest absolute Gasteiger partial charge is 0.507 e. The number of pyridine rings is 1. The van der Waals surface area contributed by atoms with Crippen molar-refractivity contribution in [2.24, 2.45) is 0 Å². The van der Waals surface area contributed by atoms with Crippen LogP contribution >= 0.6 is 0 Å². The first-order valence-corrected chi connectivity index (χ1v) is 23.1. The number of fused-ring (bicyclic) bond motifs is 1. The number of nitrogens with zero attached hydrogens (tertiary/aromatic N) is 3. The van der Waals surface area contributed by atoms with Gasteiger partial charge in [-0.1, -0.05) is 182 Å². The van der Waals surface area contributed by atoms with Crippen molar-refractivity contribution in [1.82, 2.24) is 14.5 Å². The molecule has 0 amide bonds. The Morgan fingerprint density at radius 2 is 1.11 bits per heavy atom. The molecule has 0 spiro atoms. The summed E-state index contributed by atoms with van der Waals surface area (Å²) in [5, 5.41) is 12.5. The molecule has 0 unspecified atom stereocenters. The molecule has 6 aromatic carbocycles. The lowest BCUT2D eigenvalue weighted by Gasteiger charge is -2.28. The Bertz CT molecular complexity index is 3080. The van der Waals surface area contributed by atoms with Crippen LogP contribution in [0.1, 0.15) is 132 Å². The van der Waals surface area contributed by atoms with Gasteiger partial charge in [-0.15, -0.1) is 0 Å². The summed E-state index contributed by atoms with van der Waals surface area (Å²) >= 11 is 0. The molecule has 332 valence electrons. The molecule has 0 aliphatic rings. The molecule has 4 heteroatoms. The molecule has 0 aliphatic carbocycles. The summed E-state index contributed by atoms with van der Waals surface area (Å²) < 4.78 is 10.8. The van der Waals surface area contributed by atoms with Gasteiger partial charge >= 0.3 is 0 Å². The molecule has 0 atom stereocenters. The zero-order valence-electron chi connectivity index (χ0n) is 42.1. The van der Waals surface area contributed by atoms with Crippen LogP contribution in [-0.2, 0) is 21.7 Å². The summed E-state index contributed by atoms with van der Waals surface area (Å²) in [5.74, 6) is 0.290. The molecule has 0 bridgehead atoms. The Morgan fingerprint density at radius 3 is 1.74 bits per heavy atom. The monoisotopic (exact) mass is 859 g/mol. The summed E-state index contributed by atoms with van der Waals surface area (Å²) in [7, 11) is 0. The Labute approximate surface area is 389 Å². The van der Waals surface area contributed by atoms with Crippen LogP contribution in [0.5, 0.6) is 5.75 Å². The molecule has 2 aromatic heterocycles. The lowest BCUT2D eigenvalue weighted by molar-refractivity contribution is 0.446. The highest BCUT2D eigenvalue weighted by molar-refractivity contribution is 5.97. The fourth-order valence-electron chi connectivity index (χ4n) is 8.84. The lowest BCUT2D eigenvalue weighted by atomic mass is 9.78. The Balaban J connectivity index is 1.41. The Kier molecular flexibility index (Phi) is 11.2. The third-order valence-corrected chi connectivity index (χ3v) is 12.8. The van der Waals surface area contributed by atoms with Crippen LogP contribution in [0.2, 0.25) is 0 Å². The van der Waals surface area contributed by atoms with E-state index in [-0.39, 0.29) is 27.4 Å². The van der Waals surface area contributed by atoms with Gasteiger partial charge in [0, 0.05) is 24.3 Å². The number of hydrogen-bond donors (Lipinski definition) is 1. The van der Waals surface area contributed by atoms with Crippen LogP contribution in [0.15, 0.2) is 140 Å². The average molecular weight is 859 g/mol. The molecule has 0 aliphatic heterocycles. The van der Waals surface area contributed by atoms with Crippen LogP contribution in [0.25, 0.3) is 72.7 Å². The molecule has 0 saturated heterocycles. The van der Waals surface area contributed by atoms with Crippen molar-refractivity contribution >= 4 is 11.0 Å². The number of hydrogen-bond acceptors (Lipinski definition) is 3. The van der Waals surface area contributed by atoms with E-state index in [1.165, 1.54) is 16.7 Å². The summed E-state index contributed by atoms with van der Waals surface area (Å²) in [6.45, 7) is 30.6. The molecule has 2 heterocycles. The van der Waals surface area contributed by atoms with E-state index in [9.17, 15) is 5.11 Å². The number of phenolic OH excluding ortho intramolecular Hbond substituents is 1. The first-order valence-electron chi connectivity index (χ1n) is 23.6. The summed E-state index contributed by atoms with van der Waals surface area (Å²) in [6, 6.07) is 47.6. The first kappa shape index (κ1) is 44.0. The molecule has 65 heavy (non-hydrogen) atoms. The van der Waals surface area contributed by atoms with Crippen molar-refractivity contribution in [2.45, 2.75) is 124 Å². The Morgan fingerprint density at radius 1 is 0.508 bits per heavy atom. The van der Waals surface area contributed by atoms with E-state index in [0.29, 0.717) is 11.4 Å². The van der Waals surface area contributed by atoms with Crippen LogP contribution in [0.4, 0.5) is 0 Å². The van der Waals surface area contributed by atoms with Gasteiger partial charge in [0.25, 0.3) is 0 Å². The van der Waals surface area contributed by atoms with Gasteiger partial charge in [-0.25, -0.2) is 4.98 Å². The highest BCUT2D eigenvalue weighted by Crippen LogP contribution is 2.46. The first-order chi connectivity index (χ1) is 30.8. The van der Waals surface area contributed by atoms with Crippen molar-refractivity contribution in [3.63, 3.8) is 0 Å². The fraction of sp³-hybridized carbons (Fsp3) is 0.311. The second-order valence-electron chi connectivity index (χ2n) is 22.3. The zero-order chi connectivity index (χ0) is 47.7. The quantitative estimate of drug-likeness (QED) is 0.174. The van der Waals surface area contributed by atoms with E-state index < -0.39 is 5.89 Å². The predicted octanol–water partition coefficient (Wildman–Crippen LogP) is 16.8. The van der Waals surface area contributed by atoms with Gasteiger partial charge in [-0.3, -0.25) is 9.55 Å². The van der Waals surface area contributed by atoms with Gasteiger partial charge < -0.3 is 5.11 Å². The van der Waals surface area contributed by atoms with Crippen molar-refractivity contribution < 1.29 is 6.48 Å². The molecule has 1 N–H and O–H groups in total. The minimum Gasteiger partial charge on any atom is -0.507 e. The number of phenols is 1. The van der Waals surface area contributed by atoms with Crippen LogP contribution in [0, 0.1) is 0 Å². The molecule has 0 radical (unpaired) electrons. The molecular formula is C61H67N3O. The minimum absolute atomic E-state index is 0.162. The number of imidazole rings is 1. The highest BCUT2D eigenvalue weighted by atomic mass is 16.3. The van der Waals surface area contributed by atoms with E-state index in [1.807, 2.05) is 20.0 Å². The summed E-state index contributed by atoms with van der Waals surface area (Å²) in [5.41, 5.74) is 16.5. The molecular weight excluding hydrogens is 791 g/mol. The van der Waals surface area contributed by atoms with E-state index >= 15 is 0 Å². The number of rotatable bonds is 7. The molecule has 0 saturated carbocycles. The van der Waals surface area contributed by atoms with E-state index in [2.05, 4.69) is 221 Å². The van der Waals surface area contributed by atoms with Crippen molar-refractivity contribution in [3.05, 3.63) is 167 Å². The van der Waals surface area contributed by atoms with E-state index in [0.717, 1.165) is 72.5 Å². The minimum atomic E-state index is -0.667. The number of aromatic nitrogens is 3. The molecule has 8 rings (SSSR count). The van der Waals surface area contributed by atoms with Gasteiger partial charge in [0.05, 0.1) is 28.0 Å². The van der Waals surface area contributed by atoms with E-state index in [1.54, 1.807) is 0 Å². The second kappa shape index (κ2) is 16.6.